The number of ether oxygens (including phenoxy) is 2. The van der Waals surface area contributed by atoms with Gasteiger partial charge in [0.2, 0.25) is 0 Å². The second kappa shape index (κ2) is 11.1. The highest BCUT2D eigenvalue weighted by molar-refractivity contribution is 5.35. The van der Waals surface area contributed by atoms with Crippen molar-refractivity contribution in [3.8, 4) is 0 Å². The van der Waals surface area contributed by atoms with Crippen molar-refractivity contribution in [2.75, 3.05) is 0 Å². The van der Waals surface area contributed by atoms with E-state index in [0.717, 1.165) is 0 Å². The summed E-state index contributed by atoms with van der Waals surface area (Å²) in [5.74, 6) is -80.1. The smallest absolute Gasteiger partial charge is 0.351 e. The molecular weight excluding hydrogens is 814 g/mol. The third-order valence-corrected chi connectivity index (χ3v) is 8.39. The van der Waals surface area contributed by atoms with Crippen LogP contribution in [0.5, 0.6) is 0 Å². The average Bonchev–Trinajstić information content (AvgIpc) is 3.45. The van der Waals surface area contributed by atoms with Crippen molar-refractivity contribution in [2.45, 2.75) is 122 Å². The molecule has 0 aromatic heterocycles. The van der Waals surface area contributed by atoms with Crippen LogP contribution in [-0.4, -0.2) is 94.0 Å². The zero-order chi connectivity index (χ0) is 42.2. The van der Waals surface area contributed by atoms with Gasteiger partial charge in [-0.3, -0.25) is 0 Å². The molecule has 0 saturated heterocycles. The van der Waals surface area contributed by atoms with Crippen molar-refractivity contribution in [1.82, 2.24) is 0 Å². The van der Waals surface area contributed by atoms with Gasteiger partial charge in [0.25, 0.3) is 0 Å². The lowest BCUT2D eigenvalue weighted by Gasteiger charge is -2.48. The molecule has 2 heterocycles. The normalized spacial score (nSPS) is 29.7. The average molecular weight is 830 g/mol. The van der Waals surface area contributed by atoms with Crippen molar-refractivity contribution < 1.29 is 124 Å². The first kappa shape index (κ1) is 45.7. The summed E-state index contributed by atoms with van der Waals surface area (Å²) in [7, 11) is 0. The van der Waals surface area contributed by atoms with Crippen molar-refractivity contribution in [3.05, 3.63) is 24.3 Å². The van der Waals surface area contributed by atoms with E-state index in [2.05, 4.69) is 9.47 Å². The SMILES string of the molecule is C[C@]1(C(F)(F)C(F)(F)C(F)(F)C(F)(F)C(F)(F)C(F)(F)F)C=C[C@](C)([C@@]2(C)C=C[C@@](C)(C(F)(F)C(F)(F)C(F)(F)C(F)(F)C(F)(F)C(F)(F)F)O2)O1. The molecule has 0 unspecified atom stereocenters. The fourth-order valence-corrected chi connectivity index (χ4v) is 4.69. The lowest BCUT2D eigenvalue weighted by Crippen LogP contribution is -2.74. The van der Waals surface area contributed by atoms with E-state index in [9.17, 15) is 96.6 Å². The molecule has 0 aromatic rings. The molecule has 0 amide bonds. The number of hydrogen-bond acceptors (Lipinski definition) is 2. The molecular formula is C24H16F26O2. The minimum absolute atomic E-state index is 0.145. The predicted molar refractivity (Wildman–Crippen MR) is 116 cm³/mol. The first-order valence-electron chi connectivity index (χ1n) is 12.8. The molecule has 2 nitrogen and oxygen atoms in total. The van der Waals surface area contributed by atoms with Gasteiger partial charge in [-0.25, -0.2) is 0 Å². The second-order valence-corrected chi connectivity index (χ2v) is 12.0. The van der Waals surface area contributed by atoms with Crippen LogP contribution in [-0.2, 0) is 9.47 Å². The van der Waals surface area contributed by atoms with Gasteiger partial charge in [-0.1, -0.05) is 12.2 Å². The van der Waals surface area contributed by atoms with Crippen molar-refractivity contribution >= 4 is 0 Å². The summed E-state index contributed by atoms with van der Waals surface area (Å²) in [6.07, 6.45) is -17.1. The summed E-state index contributed by atoms with van der Waals surface area (Å²) in [5.41, 5.74) is -16.2. The predicted octanol–water partition coefficient (Wildman–Crippen LogP) is 10.7. The zero-order valence-corrected chi connectivity index (χ0v) is 25.0. The van der Waals surface area contributed by atoms with Gasteiger partial charge in [-0.05, 0) is 39.8 Å². The first-order valence-corrected chi connectivity index (χ1v) is 12.8. The summed E-state index contributed by atoms with van der Waals surface area (Å²) < 4.78 is 365. The van der Waals surface area contributed by atoms with Crippen LogP contribution in [0, 0.1) is 0 Å². The lowest BCUT2D eigenvalue weighted by atomic mass is 9.85. The summed E-state index contributed by atoms with van der Waals surface area (Å²) in [6.45, 7) is -0.725. The van der Waals surface area contributed by atoms with Gasteiger partial charge in [0, 0.05) is 0 Å². The zero-order valence-electron chi connectivity index (χ0n) is 25.0. The van der Waals surface area contributed by atoms with Crippen LogP contribution >= 0.6 is 0 Å². The van der Waals surface area contributed by atoms with Crippen LogP contribution < -0.4 is 0 Å². The minimum Gasteiger partial charge on any atom is -0.351 e. The number of alkyl halides is 26. The Morgan fingerprint density at radius 2 is 0.481 bits per heavy atom. The quantitative estimate of drug-likeness (QED) is 0.153. The summed E-state index contributed by atoms with van der Waals surface area (Å²) in [4.78, 5) is 0. The third-order valence-electron chi connectivity index (χ3n) is 8.39. The van der Waals surface area contributed by atoms with Crippen LogP contribution in [0.25, 0.3) is 0 Å². The minimum atomic E-state index is -8.39. The molecule has 0 aliphatic carbocycles. The van der Waals surface area contributed by atoms with Gasteiger partial charge in [-0.15, -0.1) is 0 Å². The maximum Gasteiger partial charge on any atom is 0.460 e. The number of rotatable bonds is 11. The fourth-order valence-electron chi connectivity index (χ4n) is 4.69. The highest BCUT2D eigenvalue weighted by Gasteiger charge is 2.94. The fraction of sp³-hybridized carbons (Fsp3) is 0.833. The van der Waals surface area contributed by atoms with Crippen molar-refractivity contribution in [1.29, 1.82) is 0 Å². The Hall–Kier alpha value is -2.42. The topological polar surface area (TPSA) is 18.5 Å². The van der Waals surface area contributed by atoms with Gasteiger partial charge in [-0.2, -0.15) is 114 Å². The maximum absolute atomic E-state index is 15.0. The molecule has 0 radical (unpaired) electrons. The van der Waals surface area contributed by atoms with Crippen molar-refractivity contribution in [2.24, 2.45) is 0 Å². The van der Waals surface area contributed by atoms with Gasteiger partial charge in [0.15, 0.2) is 11.2 Å². The number of hydrogen-bond donors (Lipinski definition) is 0. The molecule has 28 heteroatoms. The van der Waals surface area contributed by atoms with Crippen LogP contribution in [0.3, 0.4) is 0 Å². The van der Waals surface area contributed by atoms with E-state index in [4.69, 9.17) is 0 Å². The Morgan fingerprint density at radius 3 is 0.673 bits per heavy atom. The van der Waals surface area contributed by atoms with Crippen LogP contribution in [0.15, 0.2) is 24.3 Å². The van der Waals surface area contributed by atoms with Gasteiger partial charge < -0.3 is 9.47 Å². The Kier molecular flexibility index (Phi) is 9.75. The molecule has 52 heavy (non-hydrogen) atoms. The molecule has 0 spiro atoms. The van der Waals surface area contributed by atoms with E-state index in [1.54, 1.807) is 0 Å². The van der Waals surface area contributed by atoms with Crippen LogP contribution in [0.1, 0.15) is 27.7 Å². The first-order chi connectivity index (χ1) is 22.1. The maximum atomic E-state index is 15.0. The standard InChI is InChI=1S/C24H16F26O2/c1-9(5-7-11(3,51-9)13(25,26)15(29,30)17(33,34)19(37,38)21(41,42)23(45,46)47)10(2)6-8-12(4,52-10)14(27,28)16(31,32)18(35,36)20(39,40)22(43,44)24(48,49)50/h5-8H,1-4H3/t9-,10-,11-,12+/m1/s1. The molecule has 0 bridgehead atoms. The third kappa shape index (κ3) is 5.22. The van der Waals surface area contributed by atoms with Gasteiger partial charge in [0.1, 0.15) is 11.2 Å². The molecule has 2 aliphatic rings. The molecule has 4 atom stereocenters. The Bertz CT molecular complexity index is 1350. The molecule has 0 saturated carbocycles. The Labute approximate surface area is 270 Å². The van der Waals surface area contributed by atoms with E-state index in [1.807, 2.05) is 0 Å². The molecule has 306 valence electrons. The van der Waals surface area contributed by atoms with Crippen LogP contribution in [0.4, 0.5) is 114 Å². The van der Waals surface area contributed by atoms with Gasteiger partial charge >= 0.3 is 71.6 Å². The highest BCUT2D eigenvalue weighted by atomic mass is 19.4. The molecule has 0 N–H and O–H groups in total. The van der Waals surface area contributed by atoms with E-state index >= 15 is 17.6 Å². The Morgan fingerprint density at radius 1 is 0.288 bits per heavy atom. The van der Waals surface area contributed by atoms with E-state index < -0.39 is 120 Å². The van der Waals surface area contributed by atoms with Crippen LogP contribution in [0.2, 0.25) is 0 Å². The highest BCUT2D eigenvalue weighted by Crippen LogP contribution is 2.66. The number of halogens is 26. The van der Waals surface area contributed by atoms with Crippen molar-refractivity contribution in [3.63, 3.8) is 0 Å². The second-order valence-electron chi connectivity index (χ2n) is 12.0. The molecule has 2 rings (SSSR count). The lowest BCUT2D eigenvalue weighted by molar-refractivity contribution is -0.451. The van der Waals surface area contributed by atoms with E-state index in [1.165, 1.54) is 0 Å². The van der Waals surface area contributed by atoms with E-state index in [0.29, 0.717) is 0 Å². The summed E-state index contributed by atoms with van der Waals surface area (Å²) >= 11 is 0. The molecule has 0 fully saturated rings. The van der Waals surface area contributed by atoms with E-state index in [-0.39, 0.29) is 26.0 Å². The molecule has 0 aromatic carbocycles. The van der Waals surface area contributed by atoms with Gasteiger partial charge in [0.05, 0.1) is 0 Å². The monoisotopic (exact) mass is 830 g/mol. The molecule has 2 aliphatic heterocycles. The summed E-state index contributed by atoms with van der Waals surface area (Å²) in [6, 6.07) is 0. The Balaban J connectivity index is 2.60. The summed E-state index contributed by atoms with van der Waals surface area (Å²) in [5, 5.41) is 0. The largest absolute Gasteiger partial charge is 0.460 e.